The Morgan fingerprint density at radius 3 is 2.79 bits per heavy atom. The summed E-state index contributed by atoms with van der Waals surface area (Å²) in [6.07, 6.45) is 0. The summed E-state index contributed by atoms with van der Waals surface area (Å²) < 4.78 is 6.88. The Kier molecular flexibility index (Phi) is 3.71. The number of anilines is 1. The van der Waals surface area contributed by atoms with Crippen molar-refractivity contribution >= 4 is 23.3 Å². The largest absolute Gasteiger partial charge is 0.454 e. The van der Waals surface area contributed by atoms with Crippen LogP contribution in [0.25, 0.3) is 0 Å². The van der Waals surface area contributed by atoms with Crippen LogP contribution in [-0.2, 0) is 18.4 Å². The smallest absolute Gasteiger partial charge is 0.342 e. The number of aromatic nitrogens is 3. The molecule has 2 N–H and O–H groups in total. The maximum Gasteiger partial charge on any atom is 0.342 e. The summed E-state index contributed by atoms with van der Waals surface area (Å²) in [7, 11) is 1.79. The maximum atomic E-state index is 11.9. The minimum atomic E-state index is -0.580. The van der Waals surface area contributed by atoms with Crippen LogP contribution >= 0.6 is 11.6 Å². The molecule has 0 radical (unpaired) electrons. The molecular weight excluding hydrogens is 268 g/mol. The number of ether oxygens (including phenoxy) is 1. The monoisotopic (exact) mass is 280 g/mol. The molecule has 0 bridgehead atoms. The van der Waals surface area contributed by atoms with Crippen LogP contribution in [0.2, 0.25) is 5.02 Å². The van der Waals surface area contributed by atoms with Gasteiger partial charge in [-0.25, -0.2) is 4.79 Å². The van der Waals surface area contributed by atoms with Crippen molar-refractivity contribution in [2.45, 2.75) is 13.5 Å². The van der Waals surface area contributed by atoms with Gasteiger partial charge in [0.15, 0.2) is 12.4 Å². The molecule has 1 aromatic heterocycles. The van der Waals surface area contributed by atoms with Crippen LogP contribution in [0.1, 0.15) is 22.0 Å². The van der Waals surface area contributed by atoms with Crippen molar-refractivity contribution in [1.29, 1.82) is 0 Å². The number of carbonyl (C=O) groups is 1. The van der Waals surface area contributed by atoms with Gasteiger partial charge in [0.05, 0.1) is 5.02 Å². The van der Waals surface area contributed by atoms with Gasteiger partial charge in [-0.15, -0.1) is 10.2 Å². The summed E-state index contributed by atoms with van der Waals surface area (Å²) >= 11 is 5.93. The van der Waals surface area contributed by atoms with Crippen molar-refractivity contribution in [3.05, 3.63) is 40.4 Å². The van der Waals surface area contributed by atoms with E-state index in [0.29, 0.717) is 5.82 Å². The molecule has 2 rings (SSSR count). The molecule has 0 amide bonds. The molecule has 0 fully saturated rings. The number of hydrogen-bond donors (Lipinski definition) is 1. The molecule has 0 unspecified atom stereocenters. The lowest BCUT2D eigenvalue weighted by atomic mass is 10.2. The summed E-state index contributed by atoms with van der Waals surface area (Å²) in [5, 5.41) is 8.03. The predicted molar refractivity (Wildman–Crippen MR) is 70.7 cm³/mol. The van der Waals surface area contributed by atoms with Crippen molar-refractivity contribution in [2.75, 3.05) is 5.73 Å². The maximum absolute atomic E-state index is 11.9. The number of rotatable bonds is 3. The lowest BCUT2D eigenvalue weighted by Gasteiger charge is -2.08. The second-order valence-electron chi connectivity index (χ2n) is 4.00. The van der Waals surface area contributed by atoms with E-state index in [1.807, 2.05) is 6.92 Å². The van der Waals surface area contributed by atoms with E-state index in [-0.39, 0.29) is 22.9 Å². The normalized spacial score (nSPS) is 10.5. The van der Waals surface area contributed by atoms with Crippen molar-refractivity contribution in [2.24, 2.45) is 7.05 Å². The zero-order valence-electron chi connectivity index (χ0n) is 10.6. The molecule has 0 saturated carbocycles. The molecule has 0 spiro atoms. The fourth-order valence-corrected chi connectivity index (χ4v) is 1.79. The zero-order chi connectivity index (χ0) is 14.0. The first-order valence-electron chi connectivity index (χ1n) is 5.56. The molecule has 100 valence electrons. The predicted octanol–water partition coefficient (Wildman–Crippen LogP) is 1.72. The van der Waals surface area contributed by atoms with Gasteiger partial charge < -0.3 is 15.0 Å². The lowest BCUT2D eigenvalue weighted by Crippen LogP contribution is -2.11. The second-order valence-corrected chi connectivity index (χ2v) is 4.41. The van der Waals surface area contributed by atoms with Gasteiger partial charge in [0.1, 0.15) is 11.4 Å². The van der Waals surface area contributed by atoms with Crippen molar-refractivity contribution in [3.8, 4) is 0 Å². The highest BCUT2D eigenvalue weighted by Gasteiger charge is 2.16. The summed E-state index contributed by atoms with van der Waals surface area (Å²) in [6.45, 7) is 1.82. The number of benzene rings is 1. The van der Waals surface area contributed by atoms with Crippen molar-refractivity contribution in [1.82, 2.24) is 14.8 Å². The Morgan fingerprint density at radius 1 is 1.47 bits per heavy atom. The van der Waals surface area contributed by atoms with Crippen molar-refractivity contribution < 1.29 is 9.53 Å². The average Bonchev–Trinajstić information content (AvgIpc) is 2.67. The lowest BCUT2D eigenvalue weighted by molar-refractivity contribution is 0.0460. The van der Waals surface area contributed by atoms with E-state index in [0.717, 1.165) is 5.82 Å². The van der Waals surface area contributed by atoms with Gasteiger partial charge in [0.2, 0.25) is 0 Å². The van der Waals surface area contributed by atoms with Gasteiger partial charge in [-0.3, -0.25) is 0 Å². The number of nitrogens with two attached hydrogens (primary N) is 1. The number of aryl methyl sites for hydroxylation is 1. The number of nitrogen functional groups attached to an aromatic ring is 1. The van der Waals surface area contributed by atoms with Crippen LogP contribution < -0.4 is 5.73 Å². The molecule has 2 aromatic rings. The third kappa shape index (κ3) is 2.68. The van der Waals surface area contributed by atoms with Gasteiger partial charge in [-0.1, -0.05) is 17.7 Å². The molecule has 0 aliphatic heterocycles. The topological polar surface area (TPSA) is 83.0 Å². The van der Waals surface area contributed by atoms with Crippen LogP contribution in [0.3, 0.4) is 0 Å². The Bertz CT molecular complexity index is 604. The fraction of sp³-hybridized carbons (Fsp3) is 0.250. The quantitative estimate of drug-likeness (QED) is 0.684. The summed E-state index contributed by atoms with van der Waals surface area (Å²) in [5.41, 5.74) is 6.16. The molecule has 1 heterocycles. The minimum Gasteiger partial charge on any atom is -0.454 e. The minimum absolute atomic E-state index is 0.0147. The zero-order valence-corrected chi connectivity index (χ0v) is 11.3. The highest BCUT2D eigenvalue weighted by Crippen LogP contribution is 2.23. The van der Waals surface area contributed by atoms with Gasteiger partial charge in [-0.05, 0) is 19.1 Å². The van der Waals surface area contributed by atoms with Crippen LogP contribution in [0.5, 0.6) is 0 Å². The third-order valence-electron chi connectivity index (χ3n) is 2.77. The van der Waals surface area contributed by atoms with E-state index in [2.05, 4.69) is 10.2 Å². The van der Waals surface area contributed by atoms with Crippen LogP contribution in [0.15, 0.2) is 18.2 Å². The van der Waals surface area contributed by atoms with Gasteiger partial charge in [-0.2, -0.15) is 0 Å². The first-order valence-corrected chi connectivity index (χ1v) is 5.94. The SMILES string of the molecule is Cc1nnc(COC(=O)c2c(N)cccc2Cl)n1C. The van der Waals surface area contributed by atoms with E-state index in [4.69, 9.17) is 22.1 Å². The number of halogens is 1. The van der Waals surface area contributed by atoms with Gasteiger partial charge in [0, 0.05) is 12.7 Å². The van der Waals surface area contributed by atoms with E-state index in [1.54, 1.807) is 29.8 Å². The molecule has 0 aliphatic rings. The number of hydrogen-bond acceptors (Lipinski definition) is 5. The Balaban J connectivity index is 2.12. The Morgan fingerprint density at radius 2 is 2.21 bits per heavy atom. The fourth-order valence-electron chi connectivity index (χ4n) is 1.54. The molecule has 6 nitrogen and oxygen atoms in total. The second kappa shape index (κ2) is 5.27. The van der Waals surface area contributed by atoms with E-state index in [1.165, 1.54) is 0 Å². The number of esters is 1. The van der Waals surface area contributed by atoms with Crippen LogP contribution in [-0.4, -0.2) is 20.7 Å². The first kappa shape index (κ1) is 13.4. The standard InChI is InChI=1S/C12H13ClN4O2/c1-7-15-16-10(17(7)2)6-19-12(18)11-8(13)4-3-5-9(11)14/h3-5H,6,14H2,1-2H3. The van der Waals surface area contributed by atoms with E-state index in [9.17, 15) is 4.79 Å². The van der Waals surface area contributed by atoms with Crippen molar-refractivity contribution in [3.63, 3.8) is 0 Å². The van der Waals surface area contributed by atoms with Crippen LogP contribution in [0, 0.1) is 6.92 Å². The highest BCUT2D eigenvalue weighted by atomic mass is 35.5. The summed E-state index contributed by atoms with van der Waals surface area (Å²) in [5.74, 6) is 0.712. The highest BCUT2D eigenvalue weighted by molar-refractivity contribution is 6.34. The Labute approximate surface area is 115 Å². The van der Waals surface area contributed by atoms with E-state index < -0.39 is 5.97 Å². The molecular formula is C12H13ClN4O2. The molecule has 19 heavy (non-hydrogen) atoms. The molecule has 1 aromatic carbocycles. The van der Waals surface area contributed by atoms with Gasteiger partial charge >= 0.3 is 5.97 Å². The van der Waals surface area contributed by atoms with Crippen LogP contribution in [0.4, 0.5) is 5.69 Å². The van der Waals surface area contributed by atoms with E-state index >= 15 is 0 Å². The molecule has 0 aliphatic carbocycles. The third-order valence-corrected chi connectivity index (χ3v) is 3.08. The number of nitrogens with zero attached hydrogens (tertiary/aromatic N) is 3. The summed E-state index contributed by atoms with van der Waals surface area (Å²) in [6, 6.07) is 4.84. The molecule has 0 saturated heterocycles. The molecule has 7 heteroatoms. The average molecular weight is 281 g/mol. The molecule has 0 atom stereocenters. The summed E-state index contributed by atoms with van der Waals surface area (Å²) in [4.78, 5) is 11.9. The van der Waals surface area contributed by atoms with Gasteiger partial charge in [0.25, 0.3) is 0 Å². The first-order chi connectivity index (χ1) is 9.00. The Hall–Kier alpha value is -2.08. The number of carbonyl (C=O) groups excluding carboxylic acids is 1.